The third-order valence-corrected chi connectivity index (χ3v) is 4.50. The Morgan fingerprint density at radius 2 is 2.12 bits per heavy atom. The number of nitrogens with zero attached hydrogens (tertiary/aromatic N) is 2. The highest BCUT2D eigenvalue weighted by molar-refractivity contribution is 7.08. The molecule has 0 saturated heterocycles. The van der Waals surface area contributed by atoms with Gasteiger partial charge in [0, 0.05) is 29.0 Å². The lowest BCUT2D eigenvalue weighted by atomic mass is 10.1. The van der Waals surface area contributed by atoms with E-state index in [2.05, 4.69) is 23.3 Å². The lowest BCUT2D eigenvalue weighted by molar-refractivity contribution is 0.102. The van der Waals surface area contributed by atoms with E-state index < -0.39 is 0 Å². The van der Waals surface area contributed by atoms with Gasteiger partial charge in [0.25, 0.3) is 5.91 Å². The number of carbonyl (C=O) groups excluding carboxylic acids is 1. The molecule has 0 fully saturated rings. The third-order valence-electron chi connectivity index (χ3n) is 3.82. The Kier molecular flexibility index (Phi) is 3.63. The van der Waals surface area contributed by atoms with E-state index in [1.54, 1.807) is 0 Å². The van der Waals surface area contributed by atoms with Gasteiger partial charge in [0.1, 0.15) is 5.65 Å². The average molecular weight is 333 g/mol. The number of hydrogen-bond donors (Lipinski definition) is 1. The Morgan fingerprint density at radius 3 is 2.96 bits per heavy atom. The molecule has 3 heterocycles. The summed E-state index contributed by atoms with van der Waals surface area (Å²) in [4.78, 5) is 16.8. The molecule has 118 valence electrons. The van der Waals surface area contributed by atoms with Gasteiger partial charge in [0.05, 0.1) is 11.3 Å². The molecule has 0 aliphatic heterocycles. The van der Waals surface area contributed by atoms with E-state index in [0.29, 0.717) is 5.56 Å². The topological polar surface area (TPSA) is 46.4 Å². The maximum Gasteiger partial charge on any atom is 0.256 e. The van der Waals surface area contributed by atoms with E-state index in [1.165, 1.54) is 16.9 Å². The van der Waals surface area contributed by atoms with Crippen LogP contribution in [0.3, 0.4) is 0 Å². The minimum Gasteiger partial charge on any atom is -0.322 e. The summed E-state index contributed by atoms with van der Waals surface area (Å²) in [6, 6.07) is 13.7. The van der Waals surface area contributed by atoms with Crippen LogP contribution in [0.25, 0.3) is 16.9 Å². The summed E-state index contributed by atoms with van der Waals surface area (Å²) in [5.41, 5.74) is 5.38. The van der Waals surface area contributed by atoms with Gasteiger partial charge in [-0.25, -0.2) is 4.98 Å². The zero-order valence-corrected chi connectivity index (χ0v) is 13.9. The Bertz CT molecular complexity index is 1020. The standard InChI is InChI=1S/C19H15N3OS/c1-13-5-7-22-11-17(21-18(22)9-13)14-3-2-4-16(10-14)20-19(23)15-6-8-24-12-15/h2-12H,1H3,(H,20,23). The smallest absolute Gasteiger partial charge is 0.256 e. The first-order valence-electron chi connectivity index (χ1n) is 7.58. The molecule has 0 bridgehead atoms. The second kappa shape index (κ2) is 5.94. The molecule has 1 aromatic carbocycles. The van der Waals surface area contributed by atoms with E-state index in [9.17, 15) is 4.79 Å². The van der Waals surface area contributed by atoms with Crippen molar-refractivity contribution in [1.82, 2.24) is 9.38 Å². The van der Waals surface area contributed by atoms with Gasteiger partial charge in [-0.05, 0) is 48.2 Å². The summed E-state index contributed by atoms with van der Waals surface area (Å²) in [6.07, 6.45) is 4.00. The summed E-state index contributed by atoms with van der Waals surface area (Å²) in [7, 11) is 0. The Labute approximate surface area is 143 Å². The molecular weight excluding hydrogens is 318 g/mol. The molecule has 0 radical (unpaired) electrons. The first-order valence-corrected chi connectivity index (χ1v) is 8.53. The maximum atomic E-state index is 12.2. The monoisotopic (exact) mass is 333 g/mol. The van der Waals surface area contributed by atoms with Gasteiger partial charge in [-0.3, -0.25) is 4.79 Å². The molecule has 4 nitrogen and oxygen atoms in total. The van der Waals surface area contributed by atoms with Crippen LogP contribution in [0.1, 0.15) is 15.9 Å². The summed E-state index contributed by atoms with van der Waals surface area (Å²) in [5, 5.41) is 6.66. The lowest BCUT2D eigenvalue weighted by Crippen LogP contribution is -2.10. The minimum atomic E-state index is -0.0981. The molecule has 0 aliphatic carbocycles. The fourth-order valence-electron chi connectivity index (χ4n) is 2.58. The quantitative estimate of drug-likeness (QED) is 0.594. The van der Waals surface area contributed by atoms with E-state index >= 15 is 0 Å². The largest absolute Gasteiger partial charge is 0.322 e. The zero-order chi connectivity index (χ0) is 16.5. The number of hydrogen-bond acceptors (Lipinski definition) is 3. The third kappa shape index (κ3) is 2.81. The number of amides is 1. The molecule has 3 aromatic heterocycles. The molecule has 1 amide bonds. The molecule has 0 saturated carbocycles. The average Bonchev–Trinajstić information content (AvgIpc) is 3.24. The number of rotatable bonds is 3. The highest BCUT2D eigenvalue weighted by Crippen LogP contribution is 2.23. The normalized spacial score (nSPS) is 10.9. The van der Waals surface area contributed by atoms with Gasteiger partial charge in [-0.15, -0.1) is 0 Å². The fourth-order valence-corrected chi connectivity index (χ4v) is 3.21. The van der Waals surface area contributed by atoms with Crippen molar-refractivity contribution in [2.45, 2.75) is 6.92 Å². The maximum absolute atomic E-state index is 12.2. The van der Waals surface area contributed by atoms with Gasteiger partial charge in [-0.2, -0.15) is 11.3 Å². The number of imidazole rings is 1. The molecule has 0 aliphatic rings. The summed E-state index contributed by atoms with van der Waals surface area (Å²) < 4.78 is 2.00. The minimum absolute atomic E-state index is 0.0981. The van der Waals surface area contributed by atoms with Crippen LogP contribution in [-0.2, 0) is 0 Å². The molecule has 24 heavy (non-hydrogen) atoms. The number of fused-ring (bicyclic) bond motifs is 1. The molecule has 0 spiro atoms. The van der Waals surface area contributed by atoms with Crippen molar-refractivity contribution >= 4 is 28.6 Å². The van der Waals surface area contributed by atoms with Crippen LogP contribution in [0.4, 0.5) is 5.69 Å². The first-order chi connectivity index (χ1) is 11.7. The van der Waals surface area contributed by atoms with E-state index in [-0.39, 0.29) is 5.91 Å². The second-order valence-electron chi connectivity index (χ2n) is 5.64. The van der Waals surface area contributed by atoms with Gasteiger partial charge in [0.15, 0.2) is 0 Å². The summed E-state index contributed by atoms with van der Waals surface area (Å²) >= 11 is 1.51. The van der Waals surface area contributed by atoms with Gasteiger partial charge in [-0.1, -0.05) is 12.1 Å². The molecule has 0 atom stereocenters. The van der Waals surface area contributed by atoms with E-state index in [1.807, 2.05) is 64.0 Å². The first kappa shape index (κ1) is 14.7. The number of carbonyl (C=O) groups is 1. The van der Waals surface area contributed by atoms with Gasteiger partial charge in [0.2, 0.25) is 0 Å². The SMILES string of the molecule is Cc1ccn2cc(-c3cccc(NC(=O)c4ccsc4)c3)nc2c1. The van der Waals surface area contributed by atoms with Crippen molar-refractivity contribution in [3.63, 3.8) is 0 Å². The van der Waals surface area contributed by atoms with Gasteiger partial charge >= 0.3 is 0 Å². The molecule has 1 N–H and O–H groups in total. The van der Waals surface area contributed by atoms with Crippen LogP contribution in [0.2, 0.25) is 0 Å². The molecule has 4 rings (SSSR count). The van der Waals surface area contributed by atoms with Crippen molar-refractivity contribution < 1.29 is 4.79 Å². The fraction of sp³-hybridized carbons (Fsp3) is 0.0526. The van der Waals surface area contributed by atoms with Crippen molar-refractivity contribution in [2.75, 3.05) is 5.32 Å². The Balaban J connectivity index is 1.65. The summed E-state index contributed by atoms with van der Waals surface area (Å²) in [6.45, 7) is 2.05. The van der Waals surface area contributed by atoms with Crippen LogP contribution >= 0.6 is 11.3 Å². The van der Waals surface area contributed by atoms with Crippen molar-refractivity contribution in [2.24, 2.45) is 0 Å². The lowest BCUT2D eigenvalue weighted by Gasteiger charge is -2.05. The van der Waals surface area contributed by atoms with Crippen molar-refractivity contribution in [1.29, 1.82) is 0 Å². The Hall–Kier alpha value is -2.92. The Morgan fingerprint density at radius 1 is 1.21 bits per heavy atom. The number of nitrogens with one attached hydrogen (secondary N) is 1. The van der Waals surface area contributed by atoms with E-state index in [0.717, 1.165) is 22.6 Å². The highest BCUT2D eigenvalue weighted by Gasteiger charge is 2.09. The van der Waals surface area contributed by atoms with Gasteiger partial charge < -0.3 is 9.72 Å². The zero-order valence-electron chi connectivity index (χ0n) is 13.1. The predicted molar refractivity (Wildman–Crippen MR) is 97.6 cm³/mol. The van der Waals surface area contributed by atoms with Crippen molar-refractivity contribution in [3.05, 3.63) is 76.7 Å². The van der Waals surface area contributed by atoms with Crippen molar-refractivity contribution in [3.8, 4) is 11.3 Å². The van der Waals surface area contributed by atoms with Crippen LogP contribution in [0.15, 0.2) is 65.6 Å². The predicted octanol–water partition coefficient (Wildman–Crippen LogP) is 4.62. The molecular formula is C19H15N3OS. The number of thiophene rings is 1. The van der Waals surface area contributed by atoms with Crippen LogP contribution in [0, 0.1) is 6.92 Å². The second-order valence-corrected chi connectivity index (χ2v) is 6.42. The number of aryl methyl sites for hydroxylation is 1. The molecule has 0 unspecified atom stereocenters. The number of anilines is 1. The number of pyridine rings is 1. The van der Waals surface area contributed by atoms with Crippen LogP contribution < -0.4 is 5.32 Å². The summed E-state index contributed by atoms with van der Waals surface area (Å²) in [5.74, 6) is -0.0981. The highest BCUT2D eigenvalue weighted by atomic mass is 32.1. The van der Waals surface area contributed by atoms with Crippen LogP contribution in [0.5, 0.6) is 0 Å². The number of aromatic nitrogens is 2. The van der Waals surface area contributed by atoms with Crippen LogP contribution in [-0.4, -0.2) is 15.3 Å². The molecule has 5 heteroatoms. The molecule has 4 aromatic rings. The van der Waals surface area contributed by atoms with E-state index in [4.69, 9.17) is 0 Å². The number of benzene rings is 1.